The second-order valence-electron chi connectivity index (χ2n) is 7.35. The molecule has 2 aromatic carbocycles. The van der Waals surface area contributed by atoms with Gasteiger partial charge in [-0.25, -0.2) is 0 Å². The van der Waals surface area contributed by atoms with Crippen LogP contribution in [0.25, 0.3) is 0 Å². The van der Waals surface area contributed by atoms with Gasteiger partial charge in [-0.1, -0.05) is 0 Å². The first-order valence-electron chi connectivity index (χ1n) is 7.69. The van der Waals surface area contributed by atoms with Gasteiger partial charge in [0.25, 0.3) is 0 Å². The van der Waals surface area contributed by atoms with Gasteiger partial charge < -0.3 is 24.8 Å². The van der Waals surface area contributed by atoms with Crippen molar-refractivity contribution in [3.63, 3.8) is 0 Å². The zero-order chi connectivity index (χ0) is 15.5. The predicted molar refractivity (Wildman–Crippen MR) is 101 cm³/mol. The minimum Gasteiger partial charge on any atom is -1.00 e. The third kappa shape index (κ3) is 7.54. The van der Waals surface area contributed by atoms with E-state index in [1.165, 1.54) is 11.1 Å². The summed E-state index contributed by atoms with van der Waals surface area (Å²) in [6.07, 6.45) is 0. The Labute approximate surface area is 169 Å². The van der Waals surface area contributed by atoms with Gasteiger partial charge in [0.2, 0.25) is 0 Å². The molecule has 0 aliphatic heterocycles. The number of nitrogens with one attached hydrogen (secondary N) is 1. The molecule has 0 radical (unpaired) electrons. The third-order valence-electron chi connectivity index (χ3n) is 3.68. The van der Waals surface area contributed by atoms with Crippen LogP contribution in [-0.2, 0) is 20.6 Å². The fourth-order valence-electron chi connectivity index (χ4n) is 3.36. The van der Waals surface area contributed by atoms with Gasteiger partial charge in [-0.05, 0) is 11.0 Å². The zero-order valence-corrected chi connectivity index (χ0v) is 18.6. The van der Waals surface area contributed by atoms with Crippen molar-refractivity contribution < 1.29 is 45.4 Å². The molecular formula is C19H31Cl2NSiZr. The maximum absolute atomic E-state index is 4.00. The van der Waals surface area contributed by atoms with Crippen LogP contribution >= 0.6 is 0 Å². The normalized spacial score (nSPS) is 10.4. The molecular weight excluding hydrogens is 432 g/mol. The molecule has 0 unspecified atom stereocenters. The van der Waals surface area contributed by atoms with Crippen LogP contribution in [0.5, 0.6) is 0 Å². The minimum absolute atomic E-state index is 0. The quantitative estimate of drug-likeness (QED) is 0.512. The molecule has 5 heteroatoms. The molecule has 0 saturated carbocycles. The average molecular weight is 464 g/mol. The molecule has 2 aromatic rings. The fourth-order valence-corrected chi connectivity index (χ4v) is 13.5. The molecule has 0 saturated heterocycles. The molecule has 134 valence electrons. The van der Waals surface area contributed by atoms with Gasteiger partial charge in [-0.3, -0.25) is 0 Å². The Morgan fingerprint density at radius 3 is 1.38 bits per heavy atom. The van der Waals surface area contributed by atoms with Crippen LogP contribution in [0.3, 0.4) is 0 Å². The van der Waals surface area contributed by atoms with E-state index in [1.807, 2.05) is 0 Å². The molecule has 0 atom stereocenters. The Morgan fingerprint density at radius 1 is 0.750 bits per heavy atom. The Balaban J connectivity index is 0. The molecule has 1 N–H and O–H groups in total. The van der Waals surface area contributed by atoms with Crippen LogP contribution in [0.1, 0.15) is 35.5 Å². The van der Waals surface area contributed by atoms with Gasteiger partial charge in [0.05, 0.1) is 0 Å². The third-order valence-corrected chi connectivity index (χ3v) is 12.3. The van der Waals surface area contributed by atoms with E-state index < -0.39 is 20.6 Å². The summed E-state index contributed by atoms with van der Waals surface area (Å²) in [7, 11) is 0. The van der Waals surface area contributed by atoms with Crippen LogP contribution in [-0.4, -0.2) is 16.5 Å². The van der Waals surface area contributed by atoms with Crippen LogP contribution in [0.2, 0.25) is 9.26 Å². The van der Waals surface area contributed by atoms with Gasteiger partial charge in [0, 0.05) is 0 Å². The summed E-state index contributed by atoms with van der Waals surface area (Å²) < 4.78 is 9.54. The molecule has 0 aliphatic rings. The van der Waals surface area contributed by atoms with E-state index in [0.717, 1.165) is 0 Å². The maximum Gasteiger partial charge on any atom is -0.0149 e. The molecule has 0 heterocycles. The van der Waals surface area contributed by atoms with E-state index in [2.05, 4.69) is 94.0 Å². The number of benzene rings is 2. The van der Waals surface area contributed by atoms with Crippen LogP contribution in [0, 0.1) is 0 Å². The first kappa shape index (κ1) is 26.3. The molecule has 0 amide bonds. The summed E-state index contributed by atoms with van der Waals surface area (Å²) in [6.45, 7) is 6.83. The molecule has 2 rings (SSSR count). The van der Waals surface area contributed by atoms with E-state index in [0.29, 0.717) is 3.63 Å². The SMILES string of the molecule is CC(C)(C)[NH][Zr+2]([CH3])([CH3])[CH](c1ccccc1)c1ccccc1.[Cl-].[Cl-].[SiH4]. The van der Waals surface area contributed by atoms with Gasteiger partial charge in [0.15, 0.2) is 0 Å². The molecule has 0 spiro atoms. The van der Waals surface area contributed by atoms with Crippen LogP contribution in [0.15, 0.2) is 60.7 Å². The predicted octanol–water partition coefficient (Wildman–Crippen LogP) is -2.11. The van der Waals surface area contributed by atoms with Crippen LogP contribution in [0.4, 0.5) is 0 Å². The first-order valence-corrected chi connectivity index (χ1v) is 15.3. The summed E-state index contributed by atoms with van der Waals surface area (Å²) in [5.74, 6) is 0. The molecule has 0 aromatic heterocycles. The number of hydrogen-bond acceptors (Lipinski definition) is 1. The summed E-state index contributed by atoms with van der Waals surface area (Å²) in [4.78, 5) is 0. The summed E-state index contributed by atoms with van der Waals surface area (Å²) >= 11 is -2.55. The van der Waals surface area contributed by atoms with Crippen molar-refractivity contribution in [2.45, 2.75) is 39.2 Å². The Hall–Kier alpha value is 0.0800. The molecule has 24 heavy (non-hydrogen) atoms. The number of hydrogen-bond donors (Lipinski definition) is 1. The van der Waals surface area contributed by atoms with Crippen molar-refractivity contribution in [3.05, 3.63) is 71.8 Å². The van der Waals surface area contributed by atoms with Crippen molar-refractivity contribution in [2.24, 2.45) is 0 Å². The van der Waals surface area contributed by atoms with E-state index in [4.69, 9.17) is 0 Å². The maximum atomic E-state index is 4.00. The zero-order valence-electron chi connectivity index (χ0n) is 14.6. The Kier molecular flexibility index (Phi) is 12.0. The van der Waals surface area contributed by atoms with E-state index >= 15 is 0 Å². The van der Waals surface area contributed by atoms with Crippen molar-refractivity contribution in [3.8, 4) is 0 Å². The largest absolute Gasteiger partial charge is 1.00 e. The van der Waals surface area contributed by atoms with E-state index in [9.17, 15) is 0 Å². The number of rotatable bonds is 4. The second-order valence-corrected chi connectivity index (χ2v) is 17.8. The van der Waals surface area contributed by atoms with Crippen molar-refractivity contribution >= 4 is 11.0 Å². The Morgan fingerprint density at radius 2 is 1.08 bits per heavy atom. The second kappa shape index (κ2) is 10.9. The molecule has 1 nitrogen and oxygen atoms in total. The van der Waals surface area contributed by atoms with Gasteiger partial charge in [-0.15, -0.1) is 0 Å². The molecule has 0 bridgehead atoms. The summed E-state index contributed by atoms with van der Waals surface area (Å²) in [5, 5.41) is 0. The first-order chi connectivity index (χ1) is 9.80. The van der Waals surface area contributed by atoms with Crippen LogP contribution < -0.4 is 28.1 Å². The average Bonchev–Trinajstić information content (AvgIpc) is 2.38. The Bertz CT molecular complexity index is 531. The van der Waals surface area contributed by atoms with Crippen molar-refractivity contribution in [1.82, 2.24) is 3.26 Å². The van der Waals surface area contributed by atoms with E-state index in [1.54, 1.807) is 0 Å². The monoisotopic (exact) mass is 461 g/mol. The minimum atomic E-state index is -2.55. The van der Waals surface area contributed by atoms with Gasteiger partial charge in [0.1, 0.15) is 0 Å². The smallest absolute Gasteiger partial charge is 0.0149 e. The topological polar surface area (TPSA) is 12.0 Å². The van der Waals surface area contributed by atoms with Gasteiger partial charge in [-0.2, -0.15) is 0 Å². The molecule has 0 aliphatic carbocycles. The van der Waals surface area contributed by atoms with Gasteiger partial charge >= 0.3 is 135 Å². The fraction of sp³-hybridized carbons (Fsp3) is 0.368. The molecule has 0 fully saturated rings. The summed E-state index contributed by atoms with van der Waals surface area (Å²) in [6, 6.07) is 21.9. The number of halogens is 2. The van der Waals surface area contributed by atoms with Crippen molar-refractivity contribution in [1.29, 1.82) is 0 Å². The standard InChI is InChI=1S/C13H11.C4H10N.2CH3.2ClH.H4Si.Zr/c1-3-7-12(8-4-1)11-13-9-5-2-6-10-13;1-4(2,3)5;;;;;;/h1-11H;5H,1-3H3;2*1H3;2*1H;1H4;/q;-1;;;;;;+3/p-2. The summed E-state index contributed by atoms with van der Waals surface area (Å²) in [5.41, 5.74) is 3.06. The van der Waals surface area contributed by atoms with Crippen molar-refractivity contribution in [2.75, 3.05) is 0 Å². The van der Waals surface area contributed by atoms with E-state index in [-0.39, 0.29) is 41.3 Å².